The van der Waals surface area contributed by atoms with Gasteiger partial charge in [-0.1, -0.05) is 25.2 Å². The number of nitrogens with one attached hydrogen (secondary N) is 1. The maximum atomic E-state index is 12.6. The van der Waals surface area contributed by atoms with Gasteiger partial charge in [0.2, 0.25) is 0 Å². The molecule has 1 N–H and O–H groups in total. The van der Waals surface area contributed by atoms with Crippen LogP contribution in [0.25, 0.3) is 11.0 Å². The molecule has 0 saturated heterocycles. The van der Waals surface area contributed by atoms with Crippen LogP contribution in [0.4, 0.5) is 5.13 Å². The number of benzene rings is 1. The van der Waals surface area contributed by atoms with Crippen molar-refractivity contribution in [1.29, 1.82) is 0 Å². The highest BCUT2D eigenvalue weighted by atomic mass is 32.1. The number of rotatable bonds is 2. The molecule has 0 radical (unpaired) electrons. The van der Waals surface area contributed by atoms with Crippen molar-refractivity contribution in [3.05, 3.63) is 40.2 Å². The van der Waals surface area contributed by atoms with Crippen LogP contribution in [0.15, 0.2) is 18.2 Å². The Morgan fingerprint density at radius 2 is 2.04 bits per heavy atom. The third-order valence-corrected chi connectivity index (χ3v) is 5.88. The molecular formula is C19H20N4O2S. The second-order valence-corrected chi connectivity index (χ2v) is 8.61. The monoisotopic (exact) mass is 368 g/mol. The number of Topliss-reactive ketones (excluding diaryl/α,β-unsaturated/α-hetero) is 1. The van der Waals surface area contributed by atoms with Crippen LogP contribution >= 0.6 is 11.3 Å². The average molecular weight is 368 g/mol. The van der Waals surface area contributed by atoms with Crippen LogP contribution in [-0.2, 0) is 13.5 Å². The molecule has 134 valence electrons. The van der Waals surface area contributed by atoms with E-state index in [2.05, 4.69) is 29.1 Å². The van der Waals surface area contributed by atoms with Gasteiger partial charge in [-0.3, -0.25) is 14.9 Å². The maximum Gasteiger partial charge on any atom is 0.257 e. The number of aryl methyl sites for hydroxylation is 2. The second-order valence-electron chi connectivity index (χ2n) is 7.61. The highest BCUT2D eigenvalue weighted by Gasteiger charge is 2.34. The minimum atomic E-state index is -0.243. The predicted octanol–water partition coefficient (Wildman–Crippen LogP) is 3.75. The zero-order valence-electron chi connectivity index (χ0n) is 15.2. The summed E-state index contributed by atoms with van der Waals surface area (Å²) in [6.07, 6.45) is 1.27. The van der Waals surface area contributed by atoms with Crippen LogP contribution in [-0.4, -0.2) is 26.2 Å². The van der Waals surface area contributed by atoms with E-state index >= 15 is 0 Å². The summed E-state index contributed by atoms with van der Waals surface area (Å²) in [5.41, 5.74) is 3.00. The fourth-order valence-electron chi connectivity index (χ4n) is 3.40. The van der Waals surface area contributed by atoms with Gasteiger partial charge in [-0.2, -0.15) is 0 Å². The molecule has 2 heterocycles. The van der Waals surface area contributed by atoms with Gasteiger partial charge < -0.3 is 4.57 Å². The quantitative estimate of drug-likeness (QED) is 0.747. The number of carbonyl (C=O) groups excluding carboxylic acids is 2. The van der Waals surface area contributed by atoms with E-state index in [0.717, 1.165) is 29.0 Å². The molecule has 0 unspecified atom stereocenters. The van der Waals surface area contributed by atoms with Crippen LogP contribution in [0, 0.1) is 12.3 Å². The van der Waals surface area contributed by atoms with E-state index in [0.29, 0.717) is 22.0 Å². The number of nitrogens with zero attached hydrogens (tertiary/aromatic N) is 3. The Labute approximate surface area is 155 Å². The van der Waals surface area contributed by atoms with Crippen LogP contribution in [0.5, 0.6) is 0 Å². The summed E-state index contributed by atoms with van der Waals surface area (Å²) < 4.78 is 1.99. The largest absolute Gasteiger partial charge is 0.331 e. The number of hydrogen-bond donors (Lipinski definition) is 1. The van der Waals surface area contributed by atoms with Crippen LogP contribution < -0.4 is 5.32 Å². The smallest absolute Gasteiger partial charge is 0.257 e. The fourth-order valence-corrected chi connectivity index (χ4v) is 4.32. The van der Waals surface area contributed by atoms with Crippen molar-refractivity contribution in [1.82, 2.24) is 14.5 Å². The van der Waals surface area contributed by atoms with E-state index < -0.39 is 0 Å². The number of aromatic nitrogens is 3. The Morgan fingerprint density at radius 3 is 2.81 bits per heavy atom. The second kappa shape index (κ2) is 5.74. The predicted molar refractivity (Wildman–Crippen MR) is 102 cm³/mol. The highest BCUT2D eigenvalue weighted by molar-refractivity contribution is 7.17. The lowest BCUT2D eigenvalue weighted by molar-refractivity contribution is 0.0915. The topological polar surface area (TPSA) is 76.9 Å². The van der Waals surface area contributed by atoms with Crippen molar-refractivity contribution in [2.24, 2.45) is 12.5 Å². The van der Waals surface area contributed by atoms with Crippen molar-refractivity contribution >= 4 is 39.2 Å². The van der Waals surface area contributed by atoms with Gasteiger partial charge in [0.15, 0.2) is 10.9 Å². The summed E-state index contributed by atoms with van der Waals surface area (Å²) in [6.45, 7) is 6.06. The summed E-state index contributed by atoms with van der Waals surface area (Å²) in [5, 5.41) is 3.31. The molecule has 1 aliphatic rings. The number of fused-ring (bicyclic) bond motifs is 2. The Morgan fingerprint density at radius 1 is 1.27 bits per heavy atom. The first kappa shape index (κ1) is 16.9. The van der Waals surface area contributed by atoms with Crippen molar-refractivity contribution in [3.8, 4) is 0 Å². The number of carbonyl (C=O) groups is 2. The number of thiazole rings is 1. The van der Waals surface area contributed by atoms with Gasteiger partial charge in [-0.05, 0) is 37.0 Å². The fraction of sp³-hybridized carbons (Fsp3) is 0.368. The number of anilines is 1. The molecule has 0 saturated carbocycles. The zero-order chi connectivity index (χ0) is 18.6. The molecule has 6 nitrogen and oxygen atoms in total. The molecule has 1 amide bonds. The van der Waals surface area contributed by atoms with Crippen molar-refractivity contribution in [2.75, 3.05) is 5.32 Å². The number of hydrogen-bond acceptors (Lipinski definition) is 5. The number of ketones is 1. The van der Waals surface area contributed by atoms with E-state index in [-0.39, 0.29) is 17.1 Å². The number of imidazole rings is 1. The molecule has 0 bridgehead atoms. The molecule has 3 aromatic rings. The van der Waals surface area contributed by atoms with E-state index in [4.69, 9.17) is 0 Å². The lowest BCUT2D eigenvalue weighted by Gasteiger charge is -2.26. The summed E-state index contributed by atoms with van der Waals surface area (Å²) in [7, 11) is 1.95. The van der Waals surface area contributed by atoms with Gasteiger partial charge in [-0.15, -0.1) is 0 Å². The lowest BCUT2D eigenvalue weighted by Crippen LogP contribution is -2.26. The van der Waals surface area contributed by atoms with E-state index in [1.54, 1.807) is 12.1 Å². The molecule has 0 spiro atoms. The number of amides is 1. The van der Waals surface area contributed by atoms with Crippen molar-refractivity contribution in [3.63, 3.8) is 0 Å². The minimum Gasteiger partial charge on any atom is -0.331 e. The first-order valence-electron chi connectivity index (χ1n) is 8.51. The summed E-state index contributed by atoms with van der Waals surface area (Å²) >= 11 is 1.27. The molecule has 4 rings (SSSR count). The summed E-state index contributed by atoms with van der Waals surface area (Å²) in [4.78, 5) is 34.5. The van der Waals surface area contributed by atoms with E-state index in [9.17, 15) is 9.59 Å². The van der Waals surface area contributed by atoms with Gasteiger partial charge in [0.1, 0.15) is 5.82 Å². The van der Waals surface area contributed by atoms with Crippen LogP contribution in [0.2, 0.25) is 0 Å². The first-order chi connectivity index (χ1) is 12.2. The maximum absolute atomic E-state index is 12.6. The molecule has 1 aromatic carbocycles. The molecular weight excluding hydrogens is 348 g/mol. The van der Waals surface area contributed by atoms with Crippen LogP contribution in [0.1, 0.15) is 51.8 Å². The normalized spacial score (nSPS) is 15.9. The highest BCUT2D eigenvalue weighted by Crippen LogP contribution is 2.38. The molecule has 0 aliphatic heterocycles. The Kier molecular flexibility index (Phi) is 3.73. The van der Waals surface area contributed by atoms with E-state index in [1.807, 2.05) is 24.6 Å². The van der Waals surface area contributed by atoms with Crippen molar-refractivity contribution < 1.29 is 9.59 Å². The van der Waals surface area contributed by atoms with E-state index in [1.165, 1.54) is 11.3 Å². The molecule has 2 aromatic heterocycles. The standard InChI is InChI=1S/C19H20N4O2S/c1-10-20-12-7-11(5-6-14(12)23(10)4)17(25)22-18-21-13-8-19(2,3)9-15(24)16(13)26-18/h5-7H,8-9H2,1-4H3,(H,21,22,25). The molecule has 0 atom stereocenters. The summed E-state index contributed by atoms with van der Waals surface area (Å²) in [5.74, 6) is 0.763. The molecule has 7 heteroatoms. The van der Waals surface area contributed by atoms with Gasteiger partial charge >= 0.3 is 0 Å². The Balaban J connectivity index is 1.60. The molecule has 1 aliphatic carbocycles. The average Bonchev–Trinajstić information content (AvgIpc) is 3.07. The first-order valence-corrected chi connectivity index (χ1v) is 9.32. The van der Waals surface area contributed by atoms with Gasteiger partial charge in [0.05, 0.1) is 21.6 Å². The zero-order valence-corrected chi connectivity index (χ0v) is 16.0. The Hall–Kier alpha value is -2.54. The van der Waals surface area contributed by atoms with Crippen LogP contribution in [0.3, 0.4) is 0 Å². The van der Waals surface area contributed by atoms with Crippen molar-refractivity contribution in [2.45, 2.75) is 33.6 Å². The lowest BCUT2D eigenvalue weighted by atomic mass is 9.78. The van der Waals surface area contributed by atoms with Gasteiger partial charge in [-0.25, -0.2) is 9.97 Å². The molecule has 26 heavy (non-hydrogen) atoms. The Bertz CT molecular complexity index is 1060. The third-order valence-electron chi connectivity index (χ3n) is 4.82. The third kappa shape index (κ3) is 2.82. The van der Waals surface area contributed by atoms with Gasteiger partial charge in [0.25, 0.3) is 5.91 Å². The molecule has 0 fully saturated rings. The SMILES string of the molecule is Cc1nc2cc(C(=O)Nc3nc4c(s3)C(=O)CC(C)(C)C4)ccc2n1C. The summed E-state index contributed by atoms with van der Waals surface area (Å²) in [6, 6.07) is 5.45. The minimum absolute atomic E-state index is 0.0820. The van der Waals surface area contributed by atoms with Gasteiger partial charge in [0, 0.05) is 19.0 Å².